The van der Waals surface area contributed by atoms with E-state index in [2.05, 4.69) is 68.4 Å². The Hall–Kier alpha value is -1.81. The number of fused-ring (bicyclic) bond motifs is 1. The average molecular weight is 357 g/mol. The maximum atomic E-state index is 12.3. The van der Waals surface area contributed by atoms with Crippen molar-refractivity contribution in [1.29, 1.82) is 0 Å². The molecule has 2 aromatic rings. The van der Waals surface area contributed by atoms with Crippen LogP contribution in [0.25, 0.3) is 0 Å². The number of carbonyl (C=O) groups is 1. The molecule has 1 amide bonds. The van der Waals surface area contributed by atoms with Gasteiger partial charge in [-0.15, -0.1) is 11.3 Å². The first kappa shape index (κ1) is 18.0. The molecule has 0 unspecified atom stereocenters. The van der Waals surface area contributed by atoms with Crippen LogP contribution in [-0.4, -0.2) is 12.5 Å². The van der Waals surface area contributed by atoms with E-state index in [-0.39, 0.29) is 11.3 Å². The highest BCUT2D eigenvalue weighted by atomic mass is 32.1. The number of rotatable bonds is 3. The van der Waals surface area contributed by atoms with Gasteiger partial charge in [-0.1, -0.05) is 20.8 Å². The third-order valence-electron chi connectivity index (χ3n) is 4.66. The van der Waals surface area contributed by atoms with Gasteiger partial charge in [-0.25, -0.2) is 0 Å². The van der Waals surface area contributed by atoms with Gasteiger partial charge in [0.05, 0.1) is 6.54 Å². The van der Waals surface area contributed by atoms with Crippen LogP contribution in [0.15, 0.2) is 23.6 Å². The zero-order valence-corrected chi connectivity index (χ0v) is 16.7. The highest BCUT2D eigenvalue weighted by Crippen LogP contribution is 2.32. The van der Waals surface area contributed by atoms with Gasteiger partial charge in [0.1, 0.15) is 0 Å². The predicted molar refractivity (Wildman–Crippen MR) is 108 cm³/mol. The molecule has 0 saturated carbocycles. The first-order chi connectivity index (χ1) is 11.7. The van der Waals surface area contributed by atoms with Crippen molar-refractivity contribution >= 4 is 28.6 Å². The number of aryl methyl sites for hydroxylation is 2. The lowest BCUT2D eigenvalue weighted by Gasteiger charge is -2.30. The summed E-state index contributed by atoms with van der Waals surface area (Å²) in [6.07, 6.45) is 1.64. The number of thiophene rings is 1. The van der Waals surface area contributed by atoms with Crippen LogP contribution in [0.1, 0.15) is 48.8 Å². The van der Waals surface area contributed by atoms with Gasteiger partial charge in [-0.05, 0) is 66.0 Å². The van der Waals surface area contributed by atoms with Gasteiger partial charge in [0.2, 0.25) is 5.91 Å². The van der Waals surface area contributed by atoms with E-state index in [4.69, 9.17) is 0 Å². The molecule has 1 aromatic carbocycles. The molecule has 1 aromatic heterocycles. The summed E-state index contributed by atoms with van der Waals surface area (Å²) in [5.74, 6) is 0.0904. The fourth-order valence-electron chi connectivity index (χ4n) is 3.44. The molecule has 1 aliphatic heterocycles. The molecule has 0 fully saturated rings. The van der Waals surface area contributed by atoms with E-state index >= 15 is 0 Å². The second-order valence-corrected chi connectivity index (χ2v) is 9.28. The molecule has 2 heterocycles. The lowest BCUT2D eigenvalue weighted by Crippen LogP contribution is -2.29. The van der Waals surface area contributed by atoms with E-state index in [1.807, 2.05) is 11.3 Å². The number of amides is 1. The second-order valence-electron chi connectivity index (χ2n) is 8.28. The van der Waals surface area contributed by atoms with E-state index < -0.39 is 0 Å². The molecule has 3 rings (SSSR count). The largest absolute Gasteiger partial charge is 0.366 e. The monoisotopic (exact) mass is 356 g/mol. The maximum absolute atomic E-state index is 12.3. The normalized spacial score (nSPS) is 14.4. The minimum absolute atomic E-state index is 0.00194. The standard InChI is InChI=1S/C21H28N2OS/c1-14-10-17(23-8-6-16-7-9-25-18(16)13-23)11-15(2)20(14)22-19(24)12-21(3,4)5/h7,9-11H,6,8,12-13H2,1-5H3,(H,22,24). The average Bonchev–Trinajstić information content (AvgIpc) is 2.96. The third-order valence-corrected chi connectivity index (χ3v) is 5.61. The van der Waals surface area contributed by atoms with E-state index in [1.165, 1.54) is 16.1 Å². The van der Waals surface area contributed by atoms with Gasteiger partial charge in [-0.2, -0.15) is 0 Å². The lowest BCUT2D eigenvalue weighted by molar-refractivity contribution is -0.117. The van der Waals surface area contributed by atoms with Crippen LogP contribution in [0, 0.1) is 19.3 Å². The van der Waals surface area contributed by atoms with Crippen molar-refractivity contribution in [3.63, 3.8) is 0 Å². The van der Waals surface area contributed by atoms with Crippen molar-refractivity contribution in [2.75, 3.05) is 16.8 Å². The smallest absolute Gasteiger partial charge is 0.224 e. The van der Waals surface area contributed by atoms with Gasteiger partial charge >= 0.3 is 0 Å². The number of nitrogens with zero attached hydrogens (tertiary/aromatic N) is 1. The summed E-state index contributed by atoms with van der Waals surface area (Å²) >= 11 is 1.85. The van der Waals surface area contributed by atoms with E-state index in [0.29, 0.717) is 6.42 Å². The Bertz CT molecular complexity index is 762. The summed E-state index contributed by atoms with van der Waals surface area (Å²) in [5.41, 5.74) is 5.98. The molecule has 4 heteroatoms. The summed E-state index contributed by atoms with van der Waals surface area (Å²) in [6, 6.07) is 6.66. The van der Waals surface area contributed by atoms with E-state index in [9.17, 15) is 4.79 Å². The summed E-state index contributed by atoms with van der Waals surface area (Å²) in [7, 11) is 0. The van der Waals surface area contributed by atoms with Crippen molar-refractivity contribution in [2.24, 2.45) is 5.41 Å². The van der Waals surface area contributed by atoms with Crippen molar-refractivity contribution in [3.8, 4) is 0 Å². The number of benzene rings is 1. The van der Waals surface area contributed by atoms with Crippen LogP contribution in [-0.2, 0) is 17.8 Å². The molecule has 0 spiro atoms. The first-order valence-corrected chi connectivity index (χ1v) is 9.82. The number of hydrogen-bond acceptors (Lipinski definition) is 3. The summed E-state index contributed by atoms with van der Waals surface area (Å²) in [4.78, 5) is 16.2. The molecule has 0 saturated heterocycles. The summed E-state index contributed by atoms with van der Waals surface area (Å²) < 4.78 is 0. The lowest BCUT2D eigenvalue weighted by atomic mass is 9.92. The Labute approximate surface area is 155 Å². The Kier molecular flexibility index (Phi) is 4.92. The van der Waals surface area contributed by atoms with Gasteiger partial charge in [0.25, 0.3) is 0 Å². The summed E-state index contributed by atoms with van der Waals surface area (Å²) in [6.45, 7) is 12.5. The van der Waals surface area contributed by atoms with Crippen LogP contribution in [0.5, 0.6) is 0 Å². The fourth-order valence-corrected chi connectivity index (χ4v) is 4.39. The molecule has 1 N–H and O–H groups in total. The highest BCUT2D eigenvalue weighted by Gasteiger charge is 2.20. The highest BCUT2D eigenvalue weighted by molar-refractivity contribution is 7.10. The molecular formula is C21H28N2OS. The second kappa shape index (κ2) is 6.83. The Balaban J connectivity index is 1.78. The molecule has 0 radical (unpaired) electrons. The number of nitrogens with one attached hydrogen (secondary N) is 1. The van der Waals surface area contributed by atoms with Gasteiger partial charge in [0.15, 0.2) is 0 Å². The van der Waals surface area contributed by atoms with Crippen molar-refractivity contribution in [2.45, 2.75) is 54.0 Å². The van der Waals surface area contributed by atoms with Crippen LogP contribution >= 0.6 is 11.3 Å². The predicted octanol–water partition coefficient (Wildman–Crippen LogP) is 5.30. The van der Waals surface area contributed by atoms with E-state index in [1.54, 1.807) is 0 Å². The molecule has 25 heavy (non-hydrogen) atoms. The topological polar surface area (TPSA) is 32.3 Å². The Morgan fingerprint density at radius 3 is 2.56 bits per heavy atom. The number of hydrogen-bond donors (Lipinski definition) is 1. The SMILES string of the molecule is Cc1cc(N2CCc3ccsc3C2)cc(C)c1NC(=O)CC(C)(C)C. The first-order valence-electron chi connectivity index (χ1n) is 8.94. The molecule has 0 bridgehead atoms. The van der Waals surface area contributed by atoms with Crippen LogP contribution in [0.4, 0.5) is 11.4 Å². The number of anilines is 2. The van der Waals surface area contributed by atoms with Crippen molar-refractivity contribution in [1.82, 2.24) is 0 Å². The van der Waals surface area contributed by atoms with Crippen LogP contribution in [0.2, 0.25) is 0 Å². The van der Waals surface area contributed by atoms with E-state index in [0.717, 1.165) is 36.3 Å². The van der Waals surface area contributed by atoms with Crippen LogP contribution in [0.3, 0.4) is 0 Å². The van der Waals surface area contributed by atoms with Gasteiger partial charge in [0, 0.05) is 29.2 Å². The zero-order chi connectivity index (χ0) is 18.2. The Morgan fingerprint density at radius 2 is 1.92 bits per heavy atom. The zero-order valence-electron chi connectivity index (χ0n) is 15.9. The quantitative estimate of drug-likeness (QED) is 0.809. The minimum Gasteiger partial charge on any atom is -0.366 e. The Morgan fingerprint density at radius 1 is 1.24 bits per heavy atom. The molecule has 0 aliphatic carbocycles. The molecule has 134 valence electrons. The fraction of sp³-hybridized carbons (Fsp3) is 0.476. The molecule has 1 aliphatic rings. The maximum Gasteiger partial charge on any atom is 0.224 e. The van der Waals surface area contributed by atoms with Gasteiger partial charge < -0.3 is 10.2 Å². The van der Waals surface area contributed by atoms with Crippen molar-refractivity contribution < 1.29 is 4.79 Å². The molecular weight excluding hydrogens is 328 g/mol. The van der Waals surface area contributed by atoms with Crippen molar-refractivity contribution in [3.05, 3.63) is 45.1 Å². The molecule has 0 atom stereocenters. The van der Waals surface area contributed by atoms with Gasteiger partial charge in [-0.3, -0.25) is 4.79 Å². The van der Waals surface area contributed by atoms with Crippen LogP contribution < -0.4 is 10.2 Å². The molecule has 3 nitrogen and oxygen atoms in total. The minimum atomic E-state index is -0.00194. The number of carbonyl (C=O) groups excluding carboxylic acids is 1. The third kappa shape index (κ3) is 4.24. The summed E-state index contributed by atoms with van der Waals surface area (Å²) in [5, 5.41) is 5.31.